The highest BCUT2D eigenvalue weighted by atomic mass is 16.5. The molecule has 0 saturated carbocycles. The van der Waals surface area contributed by atoms with Gasteiger partial charge in [-0.05, 0) is 17.7 Å². The molecule has 0 aliphatic carbocycles. The van der Waals surface area contributed by atoms with Gasteiger partial charge in [-0.3, -0.25) is 0 Å². The van der Waals surface area contributed by atoms with Crippen LogP contribution >= 0.6 is 0 Å². The first kappa shape index (κ1) is 11.7. The summed E-state index contributed by atoms with van der Waals surface area (Å²) >= 11 is 0. The van der Waals surface area contributed by atoms with Crippen molar-refractivity contribution in [3.8, 4) is 23.0 Å². The molecule has 2 rings (SSSR count). The molecule has 1 heterocycles. The molecule has 0 saturated heterocycles. The second kappa shape index (κ2) is 5.07. The van der Waals surface area contributed by atoms with E-state index in [9.17, 15) is 0 Å². The Hall–Kier alpha value is -2.73. The molecule has 18 heavy (non-hydrogen) atoms. The minimum Gasteiger partial charge on any atom is -0.496 e. The van der Waals surface area contributed by atoms with Crippen LogP contribution in [0.4, 0.5) is 6.01 Å². The van der Waals surface area contributed by atoms with Gasteiger partial charge in [0.2, 0.25) is 0 Å². The Bertz CT molecular complexity index is 581. The van der Waals surface area contributed by atoms with E-state index in [0.717, 1.165) is 0 Å². The standard InChI is InChI=1S/C10H9N5O3/c1-16-6-4-3-5-7(17-2)8(6)9-12-13-10(18-9)14-15-11/h3-5H,1-2H3. The van der Waals surface area contributed by atoms with Gasteiger partial charge in [0, 0.05) is 10.0 Å². The van der Waals surface area contributed by atoms with Crippen LogP contribution in [-0.2, 0) is 0 Å². The van der Waals surface area contributed by atoms with Gasteiger partial charge >= 0.3 is 6.01 Å². The smallest absolute Gasteiger partial charge is 0.304 e. The largest absolute Gasteiger partial charge is 0.496 e. The summed E-state index contributed by atoms with van der Waals surface area (Å²) in [5.41, 5.74) is 8.79. The third kappa shape index (κ3) is 2.04. The van der Waals surface area contributed by atoms with Crippen molar-refractivity contribution in [3.63, 3.8) is 0 Å². The second-order valence-electron chi connectivity index (χ2n) is 3.12. The number of nitrogens with zero attached hydrogens (tertiary/aromatic N) is 5. The lowest BCUT2D eigenvalue weighted by Gasteiger charge is -2.09. The summed E-state index contributed by atoms with van der Waals surface area (Å²) in [6.07, 6.45) is 0. The van der Waals surface area contributed by atoms with Crippen LogP contribution in [0.1, 0.15) is 0 Å². The molecule has 0 aliphatic heterocycles. The van der Waals surface area contributed by atoms with Crippen molar-refractivity contribution >= 4 is 6.01 Å². The molecular formula is C10H9N5O3. The third-order valence-corrected chi connectivity index (χ3v) is 2.19. The maximum Gasteiger partial charge on any atom is 0.304 e. The predicted molar refractivity (Wildman–Crippen MR) is 61.6 cm³/mol. The third-order valence-electron chi connectivity index (χ3n) is 2.19. The van der Waals surface area contributed by atoms with Gasteiger partial charge < -0.3 is 13.9 Å². The van der Waals surface area contributed by atoms with E-state index in [4.69, 9.17) is 19.4 Å². The van der Waals surface area contributed by atoms with Crippen molar-refractivity contribution in [3.05, 3.63) is 28.6 Å². The second-order valence-corrected chi connectivity index (χ2v) is 3.12. The fraction of sp³-hybridized carbons (Fsp3) is 0.200. The van der Waals surface area contributed by atoms with Gasteiger partial charge in [0.1, 0.15) is 17.1 Å². The Labute approximate surface area is 102 Å². The van der Waals surface area contributed by atoms with Gasteiger partial charge in [0.25, 0.3) is 5.89 Å². The van der Waals surface area contributed by atoms with Crippen molar-refractivity contribution in [1.82, 2.24) is 10.2 Å². The molecule has 0 atom stereocenters. The van der Waals surface area contributed by atoms with E-state index in [0.29, 0.717) is 17.1 Å². The lowest BCUT2D eigenvalue weighted by Crippen LogP contribution is -1.92. The minimum absolute atomic E-state index is 0.159. The van der Waals surface area contributed by atoms with Crippen LogP contribution in [0.2, 0.25) is 0 Å². The first-order chi connectivity index (χ1) is 8.80. The Balaban J connectivity index is 2.57. The van der Waals surface area contributed by atoms with E-state index in [-0.39, 0.29) is 11.9 Å². The average Bonchev–Trinajstić information content (AvgIpc) is 2.86. The molecule has 0 radical (unpaired) electrons. The molecule has 1 aromatic carbocycles. The number of azide groups is 1. The molecule has 8 heteroatoms. The highest BCUT2D eigenvalue weighted by molar-refractivity contribution is 5.70. The van der Waals surface area contributed by atoms with Crippen LogP contribution < -0.4 is 9.47 Å². The summed E-state index contributed by atoms with van der Waals surface area (Å²) in [5.74, 6) is 1.20. The van der Waals surface area contributed by atoms with Gasteiger partial charge in [0.15, 0.2) is 0 Å². The van der Waals surface area contributed by atoms with E-state index in [1.54, 1.807) is 18.2 Å². The normalized spacial score (nSPS) is 9.67. The molecule has 0 unspecified atom stereocenters. The van der Waals surface area contributed by atoms with Crippen LogP contribution in [0.15, 0.2) is 27.7 Å². The number of hydrogen-bond donors (Lipinski definition) is 0. The first-order valence-corrected chi connectivity index (χ1v) is 4.90. The molecule has 2 aromatic rings. The van der Waals surface area contributed by atoms with Crippen molar-refractivity contribution in [2.45, 2.75) is 0 Å². The molecule has 92 valence electrons. The van der Waals surface area contributed by atoms with Gasteiger partial charge in [-0.1, -0.05) is 6.07 Å². The molecule has 0 N–H and O–H groups in total. The summed E-state index contributed by atoms with van der Waals surface area (Å²) in [7, 11) is 3.03. The molecular weight excluding hydrogens is 238 g/mol. The fourth-order valence-corrected chi connectivity index (χ4v) is 1.46. The van der Waals surface area contributed by atoms with E-state index in [2.05, 4.69) is 20.2 Å². The molecule has 0 amide bonds. The minimum atomic E-state index is -0.166. The number of methoxy groups -OCH3 is 2. The Morgan fingerprint density at radius 3 is 2.44 bits per heavy atom. The zero-order valence-electron chi connectivity index (χ0n) is 9.69. The lowest BCUT2D eigenvalue weighted by atomic mass is 10.2. The van der Waals surface area contributed by atoms with Crippen LogP contribution in [0, 0.1) is 0 Å². The number of aromatic nitrogens is 2. The van der Waals surface area contributed by atoms with Crippen molar-refractivity contribution in [2.75, 3.05) is 14.2 Å². The maximum atomic E-state index is 8.28. The number of hydrogen-bond acceptors (Lipinski definition) is 6. The SMILES string of the molecule is COc1cccc(OC)c1-c1nnc(N=[N+]=[N-])o1. The van der Waals surface area contributed by atoms with E-state index >= 15 is 0 Å². The highest BCUT2D eigenvalue weighted by Crippen LogP contribution is 2.38. The monoisotopic (exact) mass is 247 g/mol. The quantitative estimate of drug-likeness (QED) is 0.469. The summed E-state index contributed by atoms with van der Waals surface area (Å²) < 4.78 is 15.6. The van der Waals surface area contributed by atoms with E-state index in [1.165, 1.54) is 14.2 Å². The Morgan fingerprint density at radius 1 is 1.22 bits per heavy atom. The van der Waals surface area contributed by atoms with Crippen molar-refractivity contribution in [1.29, 1.82) is 0 Å². The first-order valence-electron chi connectivity index (χ1n) is 4.90. The highest BCUT2D eigenvalue weighted by Gasteiger charge is 2.18. The molecule has 1 aromatic heterocycles. The molecule has 0 aliphatic rings. The van der Waals surface area contributed by atoms with E-state index in [1.807, 2.05) is 0 Å². The van der Waals surface area contributed by atoms with Crippen LogP contribution in [0.3, 0.4) is 0 Å². The van der Waals surface area contributed by atoms with Gasteiger partial charge in [-0.25, -0.2) is 0 Å². The summed E-state index contributed by atoms with van der Waals surface area (Å²) in [4.78, 5) is 2.56. The summed E-state index contributed by atoms with van der Waals surface area (Å²) in [6.45, 7) is 0. The Morgan fingerprint density at radius 2 is 1.89 bits per heavy atom. The van der Waals surface area contributed by atoms with Gasteiger partial charge in [-0.2, -0.15) is 0 Å². The van der Waals surface area contributed by atoms with E-state index < -0.39 is 0 Å². The van der Waals surface area contributed by atoms with Crippen LogP contribution in [-0.4, -0.2) is 24.4 Å². The zero-order chi connectivity index (χ0) is 13.0. The summed E-state index contributed by atoms with van der Waals surface area (Å²) in [5, 5.41) is 10.6. The van der Waals surface area contributed by atoms with Crippen molar-refractivity contribution < 1.29 is 13.9 Å². The van der Waals surface area contributed by atoms with Gasteiger partial charge in [0.05, 0.1) is 14.2 Å². The number of rotatable bonds is 4. The van der Waals surface area contributed by atoms with Crippen LogP contribution in [0.25, 0.3) is 21.9 Å². The van der Waals surface area contributed by atoms with Crippen LogP contribution in [0.5, 0.6) is 11.5 Å². The lowest BCUT2D eigenvalue weighted by molar-refractivity contribution is 0.394. The molecule has 8 nitrogen and oxygen atoms in total. The van der Waals surface area contributed by atoms with Crippen molar-refractivity contribution in [2.24, 2.45) is 5.11 Å². The molecule has 0 spiro atoms. The van der Waals surface area contributed by atoms with Gasteiger partial charge in [-0.15, -0.1) is 10.2 Å². The predicted octanol–water partition coefficient (Wildman–Crippen LogP) is 2.70. The topological polar surface area (TPSA) is 106 Å². The maximum absolute atomic E-state index is 8.28. The average molecular weight is 247 g/mol. The number of benzene rings is 1. The summed E-state index contributed by atoms with van der Waals surface area (Å²) in [6, 6.07) is 5.07. The molecule has 0 bridgehead atoms. The Kier molecular flexibility index (Phi) is 3.31. The molecule has 0 fully saturated rings. The number of ether oxygens (including phenoxy) is 2. The zero-order valence-corrected chi connectivity index (χ0v) is 9.69. The fourth-order valence-electron chi connectivity index (χ4n) is 1.46.